The fraction of sp³-hybridized carbons (Fsp3) is 0.190. The minimum atomic E-state index is -0.586. The van der Waals surface area contributed by atoms with Crippen LogP contribution >= 0.6 is 0 Å². The molecule has 0 heterocycles. The molecule has 3 aromatic rings. The fourth-order valence-corrected chi connectivity index (χ4v) is 2.83. The molecule has 3 rings (SSSR count). The lowest BCUT2D eigenvalue weighted by molar-refractivity contribution is -0.122. The molecule has 0 aliphatic heterocycles. The van der Waals surface area contributed by atoms with Crippen molar-refractivity contribution in [2.24, 2.45) is 0 Å². The summed E-state index contributed by atoms with van der Waals surface area (Å²) < 4.78 is 5.91. The van der Waals surface area contributed by atoms with E-state index < -0.39 is 6.10 Å². The Balaban J connectivity index is 1.76. The lowest BCUT2D eigenvalue weighted by atomic mass is 10.1. The largest absolute Gasteiger partial charge is 0.480 e. The number of hydrogen-bond acceptors (Lipinski definition) is 2. The summed E-state index contributed by atoms with van der Waals surface area (Å²) in [6, 6.07) is 19.8. The lowest BCUT2D eigenvalue weighted by Crippen LogP contribution is -2.30. The van der Waals surface area contributed by atoms with E-state index in [4.69, 9.17) is 4.74 Å². The molecular weight excluding hydrogens is 298 g/mol. The molecule has 1 amide bonds. The van der Waals surface area contributed by atoms with Crippen LogP contribution in [-0.4, -0.2) is 12.0 Å². The van der Waals surface area contributed by atoms with Gasteiger partial charge in [0.05, 0.1) is 0 Å². The van der Waals surface area contributed by atoms with Crippen molar-refractivity contribution in [1.29, 1.82) is 0 Å². The molecule has 0 aliphatic carbocycles. The Bertz CT molecular complexity index is 860. The van der Waals surface area contributed by atoms with Gasteiger partial charge in [0.25, 0.3) is 5.91 Å². The second kappa shape index (κ2) is 6.75. The standard InChI is InChI=1S/C21H21NO2/c1-14-11-15(2)13-18(12-14)22-21(23)16(3)24-20-10-6-8-17-7-4-5-9-19(17)20/h4-13,16H,1-3H3,(H,22,23)/t16-/m1/s1. The predicted octanol–water partition coefficient (Wildman–Crippen LogP) is 4.86. The molecule has 1 atom stereocenters. The number of carbonyl (C=O) groups is 1. The van der Waals surface area contributed by atoms with Crippen molar-refractivity contribution in [1.82, 2.24) is 0 Å². The third-order valence-electron chi connectivity index (χ3n) is 3.91. The summed E-state index contributed by atoms with van der Waals surface area (Å²) in [5.74, 6) is 0.559. The molecule has 0 bridgehead atoms. The van der Waals surface area contributed by atoms with Crippen LogP contribution in [0.2, 0.25) is 0 Å². The molecule has 0 fully saturated rings. The number of carbonyl (C=O) groups excluding carboxylic acids is 1. The van der Waals surface area contributed by atoms with Gasteiger partial charge in [0.1, 0.15) is 5.75 Å². The van der Waals surface area contributed by atoms with Gasteiger partial charge in [0, 0.05) is 11.1 Å². The Morgan fingerprint density at radius 3 is 2.38 bits per heavy atom. The van der Waals surface area contributed by atoms with Crippen molar-refractivity contribution in [3.8, 4) is 5.75 Å². The number of rotatable bonds is 4. The van der Waals surface area contributed by atoms with E-state index in [-0.39, 0.29) is 5.91 Å². The normalized spacial score (nSPS) is 12.0. The Labute approximate surface area is 142 Å². The first kappa shape index (κ1) is 16.1. The SMILES string of the molecule is Cc1cc(C)cc(NC(=O)[C@@H](C)Oc2cccc3ccccc23)c1. The van der Waals surface area contributed by atoms with Gasteiger partial charge in [-0.25, -0.2) is 0 Å². The minimum Gasteiger partial charge on any atom is -0.480 e. The smallest absolute Gasteiger partial charge is 0.265 e. The minimum absolute atomic E-state index is 0.159. The van der Waals surface area contributed by atoms with Gasteiger partial charge >= 0.3 is 0 Å². The van der Waals surface area contributed by atoms with E-state index in [2.05, 4.69) is 11.4 Å². The Morgan fingerprint density at radius 1 is 0.958 bits per heavy atom. The molecule has 3 heteroatoms. The van der Waals surface area contributed by atoms with Crippen molar-refractivity contribution in [2.45, 2.75) is 26.9 Å². The van der Waals surface area contributed by atoms with Crippen molar-refractivity contribution >= 4 is 22.4 Å². The van der Waals surface area contributed by atoms with Crippen LogP contribution < -0.4 is 10.1 Å². The van der Waals surface area contributed by atoms with Crippen LogP contribution in [0.1, 0.15) is 18.1 Å². The quantitative estimate of drug-likeness (QED) is 0.745. The van der Waals surface area contributed by atoms with Crippen LogP contribution in [0, 0.1) is 13.8 Å². The zero-order chi connectivity index (χ0) is 17.1. The van der Waals surface area contributed by atoms with Crippen LogP contribution in [0.4, 0.5) is 5.69 Å². The first-order chi connectivity index (χ1) is 11.5. The van der Waals surface area contributed by atoms with Crippen LogP contribution in [0.3, 0.4) is 0 Å². The van der Waals surface area contributed by atoms with Crippen LogP contribution in [0.25, 0.3) is 10.8 Å². The summed E-state index contributed by atoms with van der Waals surface area (Å²) in [5.41, 5.74) is 3.03. The van der Waals surface area contributed by atoms with E-state index in [1.54, 1.807) is 6.92 Å². The van der Waals surface area contributed by atoms with Crippen LogP contribution in [0.5, 0.6) is 5.75 Å². The molecule has 0 saturated heterocycles. The Morgan fingerprint density at radius 2 is 1.62 bits per heavy atom. The van der Waals surface area contributed by atoms with Gasteiger partial charge in [-0.2, -0.15) is 0 Å². The number of ether oxygens (including phenoxy) is 1. The average Bonchev–Trinajstić information content (AvgIpc) is 2.54. The summed E-state index contributed by atoms with van der Waals surface area (Å²) in [5, 5.41) is 5.03. The molecule has 0 radical (unpaired) electrons. The van der Waals surface area contributed by atoms with Crippen molar-refractivity contribution < 1.29 is 9.53 Å². The van der Waals surface area contributed by atoms with Gasteiger partial charge in [-0.3, -0.25) is 4.79 Å². The molecule has 24 heavy (non-hydrogen) atoms. The topological polar surface area (TPSA) is 38.3 Å². The van der Waals surface area contributed by atoms with Crippen LogP contribution in [-0.2, 0) is 4.79 Å². The molecule has 122 valence electrons. The van der Waals surface area contributed by atoms with Gasteiger partial charge in [0.15, 0.2) is 6.10 Å². The maximum Gasteiger partial charge on any atom is 0.265 e. The van der Waals surface area contributed by atoms with E-state index >= 15 is 0 Å². The van der Waals surface area contributed by atoms with Crippen LogP contribution in [0.15, 0.2) is 60.7 Å². The van der Waals surface area contributed by atoms with Gasteiger partial charge in [-0.1, -0.05) is 42.5 Å². The number of fused-ring (bicyclic) bond motifs is 1. The monoisotopic (exact) mass is 319 g/mol. The highest BCUT2D eigenvalue weighted by molar-refractivity contribution is 5.95. The molecule has 0 aliphatic rings. The zero-order valence-electron chi connectivity index (χ0n) is 14.2. The maximum absolute atomic E-state index is 12.4. The summed E-state index contributed by atoms with van der Waals surface area (Å²) >= 11 is 0. The first-order valence-electron chi connectivity index (χ1n) is 8.06. The third kappa shape index (κ3) is 3.57. The zero-order valence-corrected chi connectivity index (χ0v) is 14.2. The molecule has 0 unspecified atom stereocenters. The van der Waals surface area contributed by atoms with Gasteiger partial charge < -0.3 is 10.1 Å². The number of benzene rings is 3. The van der Waals surface area contributed by atoms with E-state index in [9.17, 15) is 4.79 Å². The second-order valence-corrected chi connectivity index (χ2v) is 6.10. The molecule has 1 N–H and O–H groups in total. The van der Waals surface area contributed by atoms with Gasteiger partial charge in [-0.15, -0.1) is 0 Å². The summed E-state index contributed by atoms with van der Waals surface area (Å²) in [4.78, 5) is 12.4. The van der Waals surface area contributed by atoms with Gasteiger partial charge in [-0.05, 0) is 55.5 Å². The Kier molecular flexibility index (Phi) is 4.52. The molecule has 3 nitrogen and oxygen atoms in total. The number of anilines is 1. The van der Waals surface area contributed by atoms with Crippen molar-refractivity contribution in [2.75, 3.05) is 5.32 Å². The number of amides is 1. The Hall–Kier alpha value is -2.81. The number of hydrogen-bond donors (Lipinski definition) is 1. The summed E-state index contributed by atoms with van der Waals surface area (Å²) in [6.07, 6.45) is -0.586. The highest BCUT2D eigenvalue weighted by Crippen LogP contribution is 2.26. The van der Waals surface area contributed by atoms with E-state index in [0.717, 1.165) is 33.3 Å². The van der Waals surface area contributed by atoms with E-state index in [1.807, 2.05) is 68.4 Å². The van der Waals surface area contributed by atoms with E-state index in [1.165, 1.54) is 0 Å². The predicted molar refractivity (Wildman–Crippen MR) is 98.6 cm³/mol. The third-order valence-corrected chi connectivity index (χ3v) is 3.91. The molecular formula is C21H21NO2. The molecule has 0 spiro atoms. The van der Waals surface area contributed by atoms with Crippen molar-refractivity contribution in [3.05, 3.63) is 71.8 Å². The average molecular weight is 319 g/mol. The van der Waals surface area contributed by atoms with Gasteiger partial charge in [0.2, 0.25) is 0 Å². The maximum atomic E-state index is 12.4. The first-order valence-corrected chi connectivity index (χ1v) is 8.06. The fourth-order valence-electron chi connectivity index (χ4n) is 2.83. The van der Waals surface area contributed by atoms with E-state index in [0.29, 0.717) is 0 Å². The summed E-state index contributed by atoms with van der Waals surface area (Å²) in [6.45, 7) is 5.79. The highest BCUT2D eigenvalue weighted by Gasteiger charge is 2.16. The lowest BCUT2D eigenvalue weighted by Gasteiger charge is -2.16. The number of nitrogens with one attached hydrogen (secondary N) is 1. The van der Waals surface area contributed by atoms with Crippen molar-refractivity contribution in [3.63, 3.8) is 0 Å². The summed E-state index contributed by atoms with van der Waals surface area (Å²) in [7, 11) is 0. The molecule has 0 saturated carbocycles. The number of aryl methyl sites for hydroxylation is 2. The molecule has 0 aromatic heterocycles. The molecule has 3 aromatic carbocycles. The highest BCUT2D eigenvalue weighted by atomic mass is 16.5. The second-order valence-electron chi connectivity index (χ2n) is 6.10.